The second kappa shape index (κ2) is 11.2. The molecule has 3 aliphatic rings. The summed E-state index contributed by atoms with van der Waals surface area (Å²) in [6.45, 7) is 5.93. The Labute approximate surface area is 244 Å². The van der Waals surface area contributed by atoms with Crippen molar-refractivity contribution in [2.45, 2.75) is 57.3 Å². The number of nitriles is 1. The second-order valence-corrected chi connectivity index (χ2v) is 11.7. The van der Waals surface area contributed by atoms with Crippen molar-refractivity contribution in [2.75, 3.05) is 37.7 Å². The lowest BCUT2D eigenvalue weighted by atomic mass is 10.0. The van der Waals surface area contributed by atoms with Crippen LogP contribution in [0.25, 0.3) is 11.0 Å². The van der Waals surface area contributed by atoms with Gasteiger partial charge in [-0.2, -0.15) is 10.4 Å². The van der Waals surface area contributed by atoms with Gasteiger partial charge in [0.2, 0.25) is 0 Å². The molecule has 2 aromatic heterocycles. The summed E-state index contributed by atoms with van der Waals surface area (Å²) in [6.07, 6.45) is 7.20. The molecule has 10 nitrogen and oxygen atoms in total. The number of imidazole rings is 1. The van der Waals surface area contributed by atoms with E-state index in [2.05, 4.69) is 43.4 Å². The van der Waals surface area contributed by atoms with Crippen LogP contribution in [0.2, 0.25) is 0 Å². The van der Waals surface area contributed by atoms with Crippen molar-refractivity contribution in [3.05, 3.63) is 76.7 Å². The number of nitrogens with zero attached hydrogens (tertiary/aromatic N) is 7. The zero-order valence-corrected chi connectivity index (χ0v) is 23.7. The number of likely N-dealkylation sites (tertiary alicyclic amines) is 1. The summed E-state index contributed by atoms with van der Waals surface area (Å²) in [5, 5.41) is 23.8. The molecule has 0 radical (unpaired) electrons. The first-order chi connectivity index (χ1) is 20.5. The van der Waals surface area contributed by atoms with Crippen molar-refractivity contribution in [3.63, 3.8) is 0 Å². The number of ether oxygens (including phenoxy) is 1. The highest BCUT2D eigenvalue weighted by Gasteiger charge is 2.26. The van der Waals surface area contributed by atoms with Crippen molar-refractivity contribution in [1.82, 2.24) is 24.2 Å². The molecule has 216 valence electrons. The Morgan fingerprint density at radius 1 is 1.02 bits per heavy atom. The van der Waals surface area contributed by atoms with E-state index in [1.165, 1.54) is 11.1 Å². The van der Waals surface area contributed by atoms with E-state index in [9.17, 15) is 15.2 Å². The van der Waals surface area contributed by atoms with Gasteiger partial charge in [-0.15, -0.1) is 0 Å². The Balaban J connectivity index is 0.999. The van der Waals surface area contributed by atoms with Gasteiger partial charge in [0.1, 0.15) is 5.82 Å². The Morgan fingerprint density at radius 2 is 1.83 bits per heavy atom. The first kappa shape index (κ1) is 26.7. The molecule has 42 heavy (non-hydrogen) atoms. The van der Waals surface area contributed by atoms with Gasteiger partial charge >= 0.3 is 5.97 Å². The van der Waals surface area contributed by atoms with Crippen LogP contribution in [0.5, 0.6) is 0 Å². The molecule has 0 amide bonds. The minimum Gasteiger partial charge on any atom is -0.478 e. The van der Waals surface area contributed by atoms with Crippen molar-refractivity contribution in [3.8, 4) is 6.07 Å². The lowest BCUT2D eigenvalue weighted by Crippen LogP contribution is -2.36. The SMILES string of the molecule is N#Cc1ccc2c(c1)CCN(c1ccn(C3CCN(Cc4nc5ccc(C(=O)O)cc5n4CC4CCO4)CC3)n1)CC2. The molecule has 5 heterocycles. The number of carboxylic acids is 1. The molecule has 1 unspecified atom stereocenters. The van der Waals surface area contributed by atoms with E-state index in [-0.39, 0.29) is 11.7 Å². The maximum absolute atomic E-state index is 11.6. The van der Waals surface area contributed by atoms with Crippen LogP contribution in [-0.4, -0.2) is 74.2 Å². The van der Waals surface area contributed by atoms with Crippen LogP contribution >= 0.6 is 0 Å². The number of aromatic nitrogens is 4. The standard InChI is InChI=1S/C32H35N7O3/c33-19-22-1-2-23-5-13-37(14-6-24(23)17-22)30-9-15-39(35-30)26-7-11-36(12-8-26)21-31-34-28-4-3-25(32(40)41)18-29(28)38(31)20-27-10-16-42-27/h1-4,9,15,17-18,26-27H,5-8,10-14,16,20-21H2,(H,40,41). The van der Waals surface area contributed by atoms with Gasteiger partial charge in [0.15, 0.2) is 5.82 Å². The zero-order valence-electron chi connectivity index (χ0n) is 23.7. The summed E-state index contributed by atoms with van der Waals surface area (Å²) < 4.78 is 10.0. The molecule has 1 N–H and O–H groups in total. The fourth-order valence-corrected chi connectivity index (χ4v) is 6.53. The van der Waals surface area contributed by atoms with Crippen LogP contribution in [0.15, 0.2) is 48.7 Å². The third-order valence-corrected chi connectivity index (χ3v) is 9.11. The molecule has 2 fully saturated rings. The molecule has 0 saturated carbocycles. The summed E-state index contributed by atoms with van der Waals surface area (Å²) in [5.41, 5.74) is 5.31. The third kappa shape index (κ3) is 5.26. The number of piperidine rings is 1. The van der Waals surface area contributed by atoms with Crippen molar-refractivity contribution < 1.29 is 14.6 Å². The minimum absolute atomic E-state index is 0.155. The molecule has 2 saturated heterocycles. The van der Waals surface area contributed by atoms with Gasteiger partial charge in [-0.25, -0.2) is 9.78 Å². The van der Waals surface area contributed by atoms with Gasteiger partial charge < -0.3 is 19.3 Å². The molecule has 4 aromatic rings. The van der Waals surface area contributed by atoms with Crippen LogP contribution in [-0.2, 0) is 30.7 Å². The summed E-state index contributed by atoms with van der Waals surface area (Å²) in [7, 11) is 0. The first-order valence-electron chi connectivity index (χ1n) is 14.9. The average molecular weight is 566 g/mol. The van der Waals surface area contributed by atoms with Crippen LogP contribution in [0.4, 0.5) is 5.82 Å². The van der Waals surface area contributed by atoms with E-state index in [0.29, 0.717) is 12.6 Å². The number of anilines is 1. The van der Waals surface area contributed by atoms with Gasteiger partial charge in [-0.05, 0) is 73.6 Å². The maximum Gasteiger partial charge on any atom is 0.335 e. The quantitative estimate of drug-likeness (QED) is 0.358. The second-order valence-electron chi connectivity index (χ2n) is 11.7. The van der Waals surface area contributed by atoms with Crippen molar-refractivity contribution in [2.24, 2.45) is 0 Å². The Bertz CT molecular complexity index is 1660. The predicted octanol–water partition coefficient (Wildman–Crippen LogP) is 4.03. The zero-order chi connectivity index (χ0) is 28.6. The molecule has 0 aliphatic carbocycles. The van der Waals surface area contributed by atoms with E-state index in [0.717, 1.165) is 99.7 Å². The largest absolute Gasteiger partial charge is 0.478 e. The Kier molecular flexibility index (Phi) is 7.14. The number of carbonyl (C=O) groups is 1. The van der Waals surface area contributed by atoms with Gasteiger partial charge in [0, 0.05) is 45.0 Å². The maximum atomic E-state index is 11.6. The van der Waals surface area contributed by atoms with E-state index >= 15 is 0 Å². The average Bonchev–Trinajstić information content (AvgIpc) is 3.54. The first-order valence-corrected chi connectivity index (χ1v) is 14.9. The third-order valence-electron chi connectivity index (χ3n) is 9.11. The molecule has 3 aliphatic heterocycles. The van der Waals surface area contributed by atoms with E-state index in [1.54, 1.807) is 12.1 Å². The van der Waals surface area contributed by atoms with E-state index < -0.39 is 5.97 Å². The van der Waals surface area contributed by atoms with Gasteiger partial charge in [-0.3, -0.25) is 9.58 Å². The lowest BCUT2D eigenvalue weighted by molar-refractivity contribution is -0.0592. The van der Waals surface area contributed by atoms with Gasteiger partial charge in [0.25, 0.3) is 0 Å². The van der Waals surface area contributed by atoms with Crippen LogP contribution < -0.4 is 4.90 Å². The number of hydrogen-bond acceptors (Lipinski definition) is 7. The summed E-state index contributed by atoms with van der Waals surface area (Å²) in [6, 6.07) is 16.0. The Hall–Kier alpha value is -4.20. The van der Waals surface area contributed by atoms with Gasteiger partial charge in [0.05, 0.1) is 53.5 Å². The number of carboxylic acid groups (broad SMARTS) is 1. The van der Waals surface area contributed by atoms with Gasteiger partial charge in [-0.1, -0.05) is 6.07 Å². The van der Waals surface area contributed by atoms with Crippen LogP contribution in [0.3, 0.4) is 0 Å². The molecule has 7 rings (SSSR count). The predicted molar refractivity (Wildman–Crippen MR) is 158 cm³/mol. The van der Waals surface area contributed by atoms with E-state index in [1.807, 2.05) is 18.2 Å². The number of benzene rings is 2. The van der Waals surface area contributed by atoms with Crippen molar-refractivity contribution in [1.29, 1.82) is 5.26 Å². The molecule has 1 atom stereocenters. The van der Waals surface area contributed by atoms with E-state index in [4.69, 9.17) is 14.8 Å². The highest BCUT2D eigenvalue weighted by molar-refractivity contribution is 5.92. The number of aromatic carboxylic acids is 1. The summed E-state index contributed by atoms with van der Waals surface area (Å²) in [5.74, 6) is 1.07. The normalized spacial score (nSPS) is 19.7. The number of rotatable bonds is 7. The van der Waals surface area contributed by atoms with Crippen LogP contribution in [0, 0.1) is 11.3 Å². The summed E-state index contributed by atoms with van der Waals surface area (Å²) >= 11 is 0. The minimum atomic E-state index is -0.926. The summed E-state index contributed by atoms with van der Waals surface area (Å²) in [4.78, 5) is 21.3. The number of hydrogen-bond donors (Lipinski definition) is 1. The monoisotopic (exact) mass is 565 g/mol. The lowest BCUT2D eigenvalue weighted by Gasteiger charge is -2.32. The molecule has 0 bridgehead atoms. The molecule has 0 spiro atoms. The van der Waals surface area contributed by atoms with Crippen molar-refractivity contribution >= 4 is 22.8 Å². The number of fused-ring (bicyclic) bond motifs is 2. The molecular weight excluding hydrogens is 530 g/mol. The fourth-order valence-electron chi connectivity index (χ4n) is 6.53. The fraction of sp³-hybridized carbons (Fsp3) is 0.438. The topological polar surface area (TPSA) is 112 Å². The molecular formula is C32H35N7O3. The smallest absolute Gasteiger partial charge is 0.335 e. The highest BCUT2D eigenvalue weighted by Crippen LogP contribution is 2.28. The highest BCUT2D eigenvalue weighted by atomic mass is 16.5. The van der Waals surface area contributed by atoms with Crippen LogP contribution in [0.1, 0.15) is 58.2 Å². The Morgan fingerprint density at radius 3 is 2.57 bits per heavy atom. The molecule has 10 heteroatoms. The molecule has 2 aromatic carbocycles.